The van der Waals surface area contributed by atoms with Gasteiger partial charge in [-0.15, -0.1) is 0 Å². The van der Waals surface area contributed by atoms with E-state index in [1.165, 1.54) is 89.9 Å². The van der Waals surface area contributed by atoms with Gasteiger partial charge in [-0.2, -0.15) is 0 Å². The molecule has 0 aromatic carbocycles. The number of phosphoric ester groups is 1. The van der Waals surface area contributed by atoms with E-state index >= 15 is 0 Å². The molecule has 18 nitrogen and oxygen atoms in total. The van der Waals surface area contributed by atoms with Gasteiger partial charge in [-0.05, 0) is 12.8 Å². The zero-order chi connectivity index (χ0) is 47.3. The normalized spacial score (nSPS) is 28.7. The molecule has 0 spiro atoms. The molecule has 13 unspecified atom stereocenters. The lowest BCUT2D eigenvalue weighted by Gasteiger charge is -2.47. The van der Waals surface area contributed by atoms with Crippen LogP contribution in [-0.2, 0) is 42.1 Å². The van der Waals surface area contributed by atoms with Gasteiger partial charge in [0.1, 0.15) is 67.6 Å². The molecular formula is C45H85O18P. The quantitative estimate of drug-likeness (QED) is 0.0230. The van der Waals surface area contributed by atoms with Crippen LogP contribution >= 0.6 is 7.82 Å². The number of aliphatic hydroxyl groups excluding tert-OH is 8. The summed E-state index contributed by atoms with van der Waals surface area (Å²) in [5, 5.41) is 82.8. The van der Waals surface area contributed by atoms with Gasteiger partial charge in [0.25, 0.3) is 0 Å². The molecule has 0 amide bonds. The van der Waals surface area contributed by atoms with Crippen molar-refractivity contribution in [3.05, 3.63) is 0 Å². The van der Waals surface area contributed by atoms with E-state index in [-0.39, 0.29) is 12.8 Å². The van der Waals surface area contributed by atoms with Crippen LogP contribution in [0.3, 0.4) is 0 Å². The first-order chi connectivity index (χ1) is 30.7. The molecule has 1 heterocycles. The highest BCUT2D eigenvalue weighted by Crippen LogP contribution is 2.48. The standard InChI is InChI=1S/C45H85O18P/c1-3-5-7-9-11-13-15-17-19-21-23-25-27-34(47)58-30-32(60-35(48)28-26-24-22-20-18-16-14-12-10-8-6-4-2)31-59-64(56,57)63-44-41(54)39(52)38(51)40(53)43(44)62-45-42(55)37(50)36(49)33(29-46)61-45/h32-33,36-46,49-55H,3-31H2,1-2H3,(H,56,57). The third-order valence-electron chi connectivity index (χ3n) is 12.1. The summed E-state index contributed by atoms with van der Waals surface area (Å²) in [5.41, 5.74) is 0. The summed E-state index contributed by atoms with van der Waals surface area (Å²) < 4.78 is 45.4. The highest BCUT2D eigenvalue weighted by atomic mass is 31.2. The SMILES string of the molecule is CCCCCCCCCCCCCCC(=O)OCC(COP(=O)(O)OC1C(O)C(O)C(O)C(O)C1OC1OC(CO)C(O)C(O)C1O)OC(=O)CCCCCCCCCCCCCC. The smallest absolute Gasteiger partial charge is 0.462 e. The highest BCUT2D eigenvalue weighted by Gasteiger charge is 2.55. The maximum absolute atomic E-state index is 13.4. The van der Waals surface area contributed by atoms with Gasteiger partial charge in [-0.25, -0.2) is 4.57 Å². The molecule has 0 bridgehead atoms. The number of unbranched alkanes of at least 4 members (excludes halogenated alkanes) is 22. The minimum Gasteiger partial charge on any atom is -0.462 e. The Hall–Kier alpha value is -1.35. The van der Waals surface area contributed by atoms with Crippen LogP contribution < -0.4 is 0 Å². The molecule has 378 valence electrons. The molecule has 0 aromatic rings. The predicted octanol–water partition coefficient (Wildman–Crippen LogP) is 4.77. The minimum atomic E-state index is -5.36. The van der Waals surface area contributed by atoms with E-state index in [1.807, 2.05) is 0 Å². The number of hydrogen-bond donors (Lipinski definition) is 9. The second kappa shape index (κ2) is 34.0. The predicted molar refractivity (Wildman–Crippen MR) is 236 cm³/mol. The first-order valence-corrected chi connectivity index (χ1v) is 25.9. The fourth-order valence-corrected chi connectivity index (χ4v) is 8.97. The maximum Gasteiger partial charge on any atom is 0.472 e. The van der Waals surface area contributed by atoms with Crippen molar-refractivity contribution >= 4 is 19.8 Å². The van der Waals surface area contributed by atoms with Crippen molar-refractivity contribution in [1.82, 2.24) is 0 Å². The lowest BCUT2D eigenvalue weighted by atomic mass is 9.84. The van der Waals surface area contributed by atoms with Crippen LogP contribution in [0.1, 0.15) is 181 Å². The second-order valence-corrected chi connectivity index (χ2v) is 19.1. The Labute approximate surface area is 380 Å². The Bertz CT molecular complexity index is 1260. The van der Waals surface area contributed by atoms with Gasteiger partial charge in [-0.1, -0.05) is 155 Å². The molecule has 2 fully saturated rings. The molecule has 0 radical (unpaired) electrons. The summed E-state index contributed by atoms with van der Waals surface area (Å²) in [6, 6.07) is 0. The molecule has 1 aliphatic carbocycles. The van der Waals surface area contributed by atoms with E-state index in [0.29, 0.717) is 12.8 Å². The van der Waals surface area contributed by atoms with Crippen molar-refractivity contribution in [1.29, 1.82) is 0 Å². The number of aliphatic hydroxyl groups is 8. The third kappa shape index (κ3) is 23.1. The van der Waals surface area contributed by atoms with Crippen molar-refractivity contribution in [2.45, 2.75) is 254 Å². The molecule has 0 aromatic heterocycles. The molecule has 19 heteroatoms. The Balaban J connectivity index is 1.97. The summed E-state index contributed by atoms with van der Waals surface area (Å²) in [5.74, 6) is -1.21. The zero-order valence-electron chi connectivity index (χ0n) is 38.6. The van der Waals surface area contributed by atoms with Crippen molar-refractivity contribution < 1.29 is 87.9 Å². The van der Waals surface area contributed by atoms with Crippen LogP contribution in [0.15, 0.2) is 0 Å². The highest BCUT2D eigenvalue weighted by molar-refractivity contribution is 7.47. The Morgan fingerprint density at radius 1 is 0.531 bits per heavy atom. The monoisotopic (exact) mass is 945 g/mol. The van der Waals surface area contributed by atoms with E-state index in [2.05, 4.69) is 13.8 Å². The third-order valence-corrected chi connectivity index (χ3v) is 13.0. The Morgan fingerprint density at radius 2 is 0.938 bits per heavy atom. The molecular weight excluding hydrogens is 859 g/mol. The minimum absolute atomic E-state index is 0.0390. The van der Waals surface area contributed by atoms with Crippen molar-refractivity contribution in [3.63, 3.8) is 0 Å². The summed E-state index contributed by atoms with van der Waals surface area (Å²) in [6.07, 6.45) is 3.44. The number of ether oxygens (including phenoxy) is 4. The molecule has 1 aliphatic heterocycles. The summed E-state index contributed by atoms with van der Waals surface area (Å²) in [7, 11) is -5.36. The van der Waals surface area contributed by atoms with E-state index in [9.17, 15) is 59.9 Å². The van der Waals surface area contributed by atoms with Gasteiger partial charge in [0, 0.05) is 12.8 Å². The molecule has 64 heavy (non-hydrogen) atoms. The van der Waals surface area contributed by atoms with E-state index < -0.39 is 113 Å². The van der Waals surface area contributed by atoms with Crippen molar-refractivity contribution in [3.8, 4) is 0 Å². The van der Waals surface area contributed by atoms with Gasteiger partial charge >= 0.3 is 19.8 Å². The summed E-state index contributed by atoms with van der Waals surface area (Å²) in [6.45, 7) is 2.21. The van der Waals surface area contributed by atoms with Gasteiger partial charge in [0.15, 0.2) is 12.4 Å². The molecule has 1 saturated carbocycles. The van der Waals surface area contributed by atoms with Crippen LogP contribution in [0.2, 0.25) is 0 Å². The number of carbonyl (C=O) groups is 2. The first-order valence-electron chi connectivity index (χ1n) is 24.4. The van der Waals surface area contributed by atoms with Crippen molar-refractivity contribution in [2.24, 2.45) is 0 Å². The molecule has 2 aliphatic rings. The molecule has 1 saturated heterocycles. The van der Waals surface area contributed by atoms with Crippen LogP contribution in [0.4, 0.5) is 0 Å². The van der Waals surface area contributed by atoms with Crippen LogP contribution in [0, 0.1) is 0 Å². The van der Waals surface area contributed by atoms with E-state index in [4.69, 9.17) is 28.0 Å². The zero-order valence-corrected chi connectivity index (χ0v) is 39.5. The van der Waals surface area contributed by atoms with Crippen LogP contribution in [0.5, 0.6) is 0 Å². The lowest BCUT2D eigenvalue weighted by Crippen LogP contribution is -2.67. The number of esters is 2. The first kappa shape index (κ1) is 58.8. The summed E-state index contributed by atoms with van der Waals surface area (Å²) in [4.78, 5) is 36.4. The second-order valence-electron chi connectivity index (χ2n) is 17.7. The number of phosphoric acid groups is 1. The fraction of sp³-hybridized carbons (Fsp3) is 0.956. The maximum atomic E-state index is 13.4. The van der Waals surface area contributed by atoms with Gasteiger partial charge < -0.3 is 64.7 Å². The fourth-order valence-electron chi connectivity index (χ4n) is 8.00. The summed E-state index contributed by atoms with van der Waals surface area (Å²) >= 11 is 0. The van der Waals surface area contributed by atoms with Crippen LogP contribution in [-0.4, -0.2) is 151 Å². The van der Waals surface area contributed by atoms with E-state index in [0.717, 1.165) is 51.4 Å². The number of hydrogen-bond acceptors (Lipinski definition) is 17. The largest absolute Gasteiger partial charge is 0.472 e. The Kier molecular flexibility index (Phi) is 31.2. The van der Waals surface area contributed by atoms with Crippen LogP contribution in [0.25, 0.3) is 0 Å². The van der Waals surface area contributed by atoms with Gasteiger partial charge in [0.2, 0.25) is 0 Å². The lowest BCUT2D eigenvalue weighted by molar-refractivity contribution is -0.338. The topological polar surface area (TPSA) is 289 Å². The molecule has 2 rings (SSSR count). The average Bonchev–Trinajstić information content (AvgIpc) is 3.27. The Morgan fingerprint density at radius 3 is 1.39 bits per heavy atom. The molecule has 13 atom stereocenters. The number of carbonyl (C=O) groups excluding carboxylic acids is 2. The number of rotatable bonds is 37. The average molecular weight is 945 g/mol. The van der Waals surface area contributed by atoms with Gasteiger partial charge in [-0.3, -0.25) is 18.6 Å². The van der Waals surface area contributed by atoms with Gasteiger partial charge in [0.05, 0.1) is 13.2 Å². The molecule has 9 N–H and O–H groups in total. The van der Waals surface area contributed by atoms with Crippen molar-refractivity contribution in [2.75, 3.05) is 19.8 Å². The van der Waals surface area contributed by atoms with E-state index in [1.54, 1.807) is 0 Å².